The van der Waals surface area contributed by atoms with Crippen molar-refractivity contribution in [3.63, 3.8) is 0 Å². The van der Waals surface area contributed by atoms with Crippen molar-refractivity contribution < 1.29 is 29.7 Å². The molecule has 0 amide bonds. The Hall–Kier alpha value is -1.97. The molecule has 0 saturated heterocycles. The normalized spacial score (nSPS) is 14.5. The Bertz CT molecular complexity index is 677. The van der Waals surface area contributed by atoms with Crippen molar-refractivity contribution in [1.82, 2.24) is 0 Å². The van der Waals surface area contributed by atoms with Gasteiger partial charge in [-0.25, -0.2) is 0 Å². The van der Waals surface area contributed by atoms with Crippen LogP contribution in [-0.4, -0.2) is 18.6 Å². The molecule has 0 N–H and O–H groups in total. The van der Waals surface area contributed by atoms with E-state index in [1.807, 2.05) is 30.3 Å². The van der Waals surface area contributed by atoms with E-state index in [2.05, 4.69) is 36.2 Å². The number of ketones is 2. The van der Waals surface area contributed by atoms with E-state index in [1.165, 1.54) is 19.5 Å². The van der Waals surface area contributed by atoms with Crippen LogP contribution in [0.1, 0.15) is 32.0 Å². The molecule has 0 saturated carbocycles. The van der Waals surface area contributed by atoms with Gasteiger partial charge < -0.3 is 10.2 Å². The minimum Gasteiger partial charge on any atom is -0.661 e. The maximum absolute atomic E-state index is 10.0. The van der Waals surface area contributed by atoms with Crippen molar-refractivity contribution in [2.24, 2.45) is 0 Å². The van der Waals surface area contributed by atoms with Crippen LogP contribution in [-0.2, 0) is 29.7 Å². The Morgan fingerprint density at radius 2 is 1.71 bits per heavy atom. The van der Waals surface area contributed by atoms with E-state index in [1.54, 1.807) is 0 Å². The first-order valence-electron chi connectivity index (χ1n) is 7.47. The molecule has 0 fully saturated rings. The van der Waals surface area contributed by atoms with Crippen LogP contribution in [0.4, 0.5) is 11.4 Å². The van der Waals surface area contributed by atoms with E-state index in [0.29, 0.717) is 0 Å². The average Bonchev–Trinajstić information content (AvgIpc) is 2.85. The van der Waals surface area contributed by atoms with Crippen LogP contribution in [0.3, 0.4) is 0 Å². The smallest absolute Gasteiger partial charge is 0.137 e. The first kappa shape index (κ1) is 20.1. The molecule has 1 unspecified atom stereocenters. The van der Waals surface area contributed by atoms with Gasteiger partial charge in [0.15, 0.2) is 0 Å². The number of carbonyl (C=O) groups excluding carboxylic acids is 2. The van der Waals surface area contributed by atoms with Crippen molar-refractivity contribution in [1.29, 1.82) is 0 Å². The molecule has 0 aromatic heterocycles. The Labute approximate surface area is 156 Å². The quantitative estimate of drug-likeness (QED) is 0.469. The van der Waals surface area contributed by atoms with Crippen LogP contribution in [0.5, 0.6) is 0 Å². The maximum atomic E-state index is 10.0. The van der Waals surface area contributed by atoms with E-state index >= 15 is 0 Å². The third kappa shape index (κ3) is 5.29. The van der Waals surface area contributed by atoms with Gasteiger partial charge in [-0.1, -0.05) is 18.2 Å². The fraction of sp³-hybridized carbons (Fsp3) is 0.263. The number of Topliss-reactive ketones (excluding diaryl/α,β-unsaturated/α-hetero) is 2. The summed E-state index contributed by atoms with van der Waals surface area (Å²) in [5.74, 6) is -0.125. The predicted molar refractivity (Wildman–Crippen MR) is 91.9 cm³/mol. The van der Waals surface area contributed by atoms with Gasteiger partial charge in [0.1, 0.15) is 11.6 Å². The van der Waals surface area contributed by atoms with Gasteiger partial charge in [-0.15, -0.1) is 5.69 Å². The Morgan fingerprint density at radius 3 is 2.21 bits per heavy atom. The van der Waals surface area contributed by atoms with Crippen LogP contribution >= 0.6 is 0 Å². The van der Waals surface area contributed by atoms with Gasteiger partial charge in [0.25, 0.3) is 0 Å². The van der Waals surface area contributed by atoms with E-state index < -0.39 is 0 Å². The minimum absolute atomic E-state index is 0. The second-order valence-electron chi connectivity index (χ2n) is 5.50. The summed E-state index contributed by atoms with van der Waals surface area (Å²) in [6.07, 6.45) is 0.151. The van der Waals surface area contributed by atoms with Crippen LogP contribution in [0, 0.1) is 6.07 Å². The number of hydrogen-bond acceptors (Lipinski definition) is 3. The second kappa shape index (κ2) is 9.36. The summed E-state index contributed by atoms with van der Waals surface area (Å²) in [4.78, 5) is 22.2. The summed E-state index contributed by atoms with van der Waals surface area (Å²) >= 11 is 0. The molecule has 2 aromatic carbocycles. The zero-order valence-electron chi connectivity index (χ0n) is 13.9. The number of hydrogen-bond donors (Lipinski definition) is 0. The summed E-state index contributed by atoms with van der Waals surface area (Å²) in [6.45, 7) is 2.81. The number of fused-ring (bicyclic) bond motifs is 1. The molecule has 24 heavy (non-hydrogen) atoms. The molecule has 2 aromatic rings. The molecule has 1 heterocycles. The van der Waals surface area contributed by atoms with Gasteiger partial charge in [-0.05, 0) is 26.1 Å². The van der Waals surface area contributed by atoms with Crippen LogP contribution in [0.2, 0.25) is 0 Å². The van der Waals surface area contributed by atoms with Crippen molar-refractivity contribution in [2.45, 2.75) is 26.4 Å². The largest absolute Gasteiger partial charge is 0.661 e. The molecule has 129 valence electrons. The third-order valence-corrected chi connectivity index (χ3v) is 3.40. The fourth-order valence-electron chi connectivity index (χ4n) is 2.42. The minimum atomic E-state index is -0.0625. The average molecular weight is 501 g/mol. The van der Waals surface area contributed by atoms with Gasteiger partial charge >= 0.3 is 0 Å². The van der Waals surface area contributed by atoms with Gasteiger partial charge in [0.2, 0.25) is 0 Å². The maximum Gasteiger partial charge on any atom is 0.137 e. The summed E-state index contributed by atoms with van der Waals surface area (Å²) < 4.78 is 0. The zero-order chi connectivity index (χ0) is 16.8. The van der Waals surface area contributed by atoms with Gasteiger partial charge in [-0.2, -0.15) is 35.9 Å². The van der Waals surface area contributed by atoms with E-state index in [-0.39, 0.29) is 44.3 Å². The van der Waals surface area contributed by atoms with E-state index in [4.69, 9.17) is 5.32 Å². The SMILES string of the molecule is CC(=O)CC(C)=O.CN1c2ccccc2[N-]C1c1[c-]cccc1.[Ir]. The molecule has 1 radical (unpaired) electrons. The zero-order valence-corrected chi connectivity index (χ0v) is 16.3. The van der Waals surface area contributed by atoms with Crippen molar-refractivity contribution in [3.05, 3.63) is 65.5 Å². The number of anilines is 1. The standard InChI is InChI=1S/C14H12N2.C5H8O2.Ir/c1-16-13-10-6-5-9-12(13)15-14(16)11-7-3-2-4-8-11;1-4(6)3-5(2)7;/h2-7,9-10,14H,1H3;3H2,1-2H3;/q-2;;. The predicted octanol–water partition coefficient (Wildman–Crippen LogP) is 4.19. The molecule has 1 aliphatic rings. The molecule has 1 aliphatic heterocycles. The fourth-order valence-corrected chi connectivity index (χ4v) is 2.42. The molecule has 0 bridgehead atoms. The van der Waals surface area contributed by atoms with Gasteiger partial charge in [0.05, 0.1) is 6.42 Å². The summed E-state index contributed by atoms with van der Waals surface area (Å²) in [7, 11) is 2.07. The van der Waals surface area contributed by atoms with Gasteiger partial charge in [0, 0.05) is 32.8 Å². The van der Waals surface area contributed by atoms with Crippen molar-refractivity contribution in [2.75, 3.05) is 11.9 Å². The molecule has 0 aliphatic carbocycles. The van der Waals surface area contributed by atoms with E-state index in [0.717, 1.165) is 11.3 Å². The number of rotatable bonds is 3. The van der Waals surface area contributed by atoms with Crippen molar-refractivity contribution >= 4 is 22.9 Å². The number of carbonyl (C=O) groups is 2. The Balaban J connectivity index is 0.000000312. The molecule has 4 nitrogen and oxygen atoms in total. The third-order valence-electron chi connectivity index (χ3n) is 3.40. The van der Waals surface area contributed by atoms with Crippen LogP contribution in [0.15, 0.2) is 48.5 Å². The first-order chi connectivity index (χ1) is 11.0. The molecule has 3 rings (SSSR count). The molecular weight excluding hydrogens is 480 g/mol. The molecule has 5 heteroatoms. The summed E-state index contributed by atoms with van der Waals surface area (Å²) in [5.41, 5.74) is 3.36. The number of para-hydroxylation sites is 2. The summed E-state index contributed by atoms with van der Waals surface area (Å²) in [5, 5.41) is 4.70. The Kier molecular flexibility index (Phi) is 7.83. The second-order valence-corrected chi connectivity index (χ2v) is 5.50. The topological polar surface area (TPSA) is 51.5 Å². The molecule has 1 atom stereocenters. The van der Waals surface area contributed by atoms with Crippen molar-refractivity contribution in [3.8, 4) is 0 Å². The first-order valence-corrected chi connectivity index (χ1v) is 7.47. The summed E-state index contributed by atoms with van der Waals surface area (Å²) in [6, 6.07) is 19.5. The van der Waals surface area contributed by atoms with Crippen LogP contribution in [0.25, 0.3) is 5.32 Å². The number of nitrogens with zero attached hydrogens (tertiary/aromatic N) is 2. The molecule has 0 spiro atoms. The van der Waals surface area contributed by atoms with Gasteiger partial charge in [-0.3, -0.25) is 9.59 Å². The van der Waals surface area contributed by atoms with Crippen LogP contribution < -0.4 is 4.90 Å². The van der Waals surface area contributed by atoms with E-state index in [9.17, 15) is 9.59 Å². The Morgan fingerprint density at radius 1 is 1.08 bits per heavy atom. The number of benzene rings is 2. The monoisotopic (exact) mass is 501 g/mol. The molecular formula is C19H20IrN2O2-2.